The second-order valence-electron chi connectivity index (χ2n) is 8.36. The van der Waals surface area contributed by atoms with E-state index >= 15 is 0 Å². The van der Waals surface area contributed by atoms with Gasteiger partial charge < -0.3 is 14.7 Å². The maximum atomic E-state index is 13.3. The molecule has 0 heterocycles. The Balaban J connectivity index is 0.000000830. The van der Waals surface area contributed by atoms with Gasteiger partial charge in [-0.3, -0.25) is 9.20 Å². The van der Waals surface area contributed by atoms with E-state index in [0.29, 0.717) is 16.6 Å². The van der Waals surface area contributed by atoms with Gasteiger partial charge in [0.25, 0.3) is 0 Å². The number of benzene rings is 4. The van der Waals surface area contributed by atoms with Crippen molar-refractivity contribution in [2.24, 2.45) is 4.99 Å². The Morgan fingerprint density at radius 3 is 2.02 bits per heavy atom. The van der Waals surface area contributed by atoms with E-state index in [2.05, 4.69) is 9.71 Å². The topological polar surface area (TPSA) is 104 Å². The van der Waals surface area contributed by atoms with Crippen LogP contribution in [-0.4, -0.2) is 49.7 Å². The van der Waals surface area contributed by atoms with Gasteiger partial charge in [0.05, 0.1) is 4.90 Å². The molecule has 0 saturated carbocycles. The first-order chi connectivity index (χ1) is 18.8. The van der Waals surface area contributed by atoms with Crippen LogP contribution >= 0.6 is 34.8 Å². The van der Waals surface area contributed by atoms with Crippen LogP contribution in [0.15, 0.2) is 94.8 Å². The van der Waals surface area contributed by atoms with Crippen molar-refractivity contribution < 1.29 is 34.8 Å². The van der Waals surface area contributed by atoms with Crippen LogP contribution in [0.4, 0.5) is 17.1 Å². The summed E-state index contributed by atoms with van der Waals surface area (Å²) in [5.74, 6) is -0.161. The minimum Gasteiger partial charge on any atom is -0.872 e. The van der Waals surface area contributed by atoms with Gasteiger partial charge >= 0.3 is 17.1 Å². The Hall–Kier alpha value is -2.30. The molecule has 0 amide bonds. The number of alkyl halides is 3. The Morgan fingerprint density at radius 1 is 0.878 bits per heavy atom. The summed E-state index contributed by atoms with van der Waals surface area (Å²) in [6.45, 7) is 0. The maximum Gasteiger partial charge on any atom is 2.00 e. The molecule has 223 valence electrons. The number of nitrogens with zero attached hydrogens (tertiary/aromatic N) is 3. The Labute approximate surface area is 269 Å². The van der Waals surface area contributed by atoms with Gasteiger partial charge in [0.2, 0.25) is 0 Å². The van der Waals surface area contributed by atoms with E-state index in [-0.39, 0.29) is 33.4 Å². The Bertz CT molecular complexity index is 1580. The summed E-state index contributed by atoms with van der Waals surface area (Å²) in [6.07, 6.45) is 4.70. The zero-order chi connectivity index (χ0) is 29.9. The molecule has 0 bridgehead atoms. The zero-order valence-electron chi connectivity index (χ0n) is 22.5. The summed E-state index contributed by atoms with van der Waals surface area (Å²) < 4.78 is 39.5. The van der Waals surface area contributed by atoms with Gasteiger partial charge in [0, 0.05) is 65.8 Å². The van der Waals surface area contributed by atoms with Crippen LogP contribution in [0, 0.1) is 0 Å². The number of halogens is 3. The van der Waals surface area contributed by atoms with Crippen LogP contribution in [0.25, 0.3) is 15.5 Å². The quantitative estimate of drug-likeness (QED) is 0.121. The van der Waals surface area contributed by atoms with Crippen molar-refractivity contribution in [3.05, 3.63) is 95.2 Å². The molecule has 4 aromatic carbocycles. The summed E-state index contributed by atoms with van der Waals surface area (Å²) in [4.78, 5) is 6.39. The zero-order valence-corrected chi connectivity index (χ0v) is 27.3. The van der Waals surface area contributed by atoms with Crippen molar-refractivity contribution in [2.75, 3.05) is 31.5 Å². The summed E-state index contributed by atoms with van der Waals surface area (Å²) >= 11 is 14.4. The number of sulfonamides is 1. The van der Waals surface area contributed by atoms with Crippen LogP contribution in [0.5, 0.6) is 5.75 Å². The van der Waals surface area contributed by atoms with Crippen molar-refractivity contribution >= 4 is 89.7 Å². The van der Waals surface area contributed by atoms with Crippen molar-refractivity contribution in [3.8, 4) is 5.75 Å². The molecule has 41 heavy (non-hydrogen) atoms. The van der Waals surface area contributed by atoms with E-state index in [4.69, 9.17) is 34.8 Å². The molecule has 0 N–H and O–H groups in total. The smallest absolute Gasteiger partial charge is 0.872 e. The van der Waals surface area contributed by atoms with Crippen molar-refractivity contribution in [1.29, 1.82) is 0 Å². The fraction of sp³-hybridized carbons (Fsp3) is 0.179. The molecular weight excluding hydrogens is 676 g/mol. The Morgan fingerprint density at radius 2 is 1.41 bits per heavy atom. The molecule has 4 rings (SSSR count). The fourth-order valence-corrected chi connectivity index (χ4v) is 4.65. The summed E-state index contributed by atoms with van der Waals surface area (Å²) in [5.41, 5.74) is 1.89. The van der Waals surface area contributed by atoms with Gasteiger partial charge in [-0.05, 0) is 23.8 Å². The van der Waals surface area contributed by atoms with Crippen LogP contribution in [0.2, 0.25) is 0 Å². The van der Waals surface area contributed by atoms with Gasteiger partial charge in [-0.1, -0.05) is 102 Å². The molecular formula is C28H28Cl3CuN3O4S2. The molecule has 0 aromatic heterocycles. The van der Waals surface area contributed by atoms with Crippen LogP contribution in [-0.2, 0) is 37.9 Å². The molecule has 1 radical (unpaired) electrons. The van der Waals surface area contributed by atoms with E-state index in [1.807, 2.05) is 37.2 Å². The molecule has 7 nitrogen and oxygen atoms in total. The molecule has 0 saturated heterocycles. The monoisotopic (exact) mass is 702 g/mol. The van der Waals surface area contributed by atoms with Gasteiger partial charge in [-0.15, -0.1) is 11.4 Å². The minimum absolute atomic E-state index is 0. The number of para-hydroxylation sites is 2. The molecule has 0 unspecified atom stereocenters. The normalized spacial score (nSPS) is 10.9. The molecule has 0 fully saturated rings. The van der Waals surface area contributed by atoms with Crippen molar-refractivity contribution in [3.63, 3.8) is 0 Å². The SMILES string of the molecule is CN(C)c1cccc2c(S(=O)(=O)[N-]c3ccccc3N=Cc3ccccc3[O-])cccc12.CS(C)=O.ClC(Cl)Cl.[Cu+2]. The molecule has 4 aromatic rings. The largest absolute Gasteiger partial charge is 2.00 e. The first-order valence-electron chi connectivity index (χ1n) is 11.6. The van der Waals surface area contributed by atoms with Crippen molar-refractivity contribution in [1.82, 2.24) is 0 Å². The Kier molecular flexibility index (Phi) is 15.8. The average Bonchev–Trinajstić information content (AvgIpc) is 2.87. The van der Waals surface area contributed by atoms with E-state index in [1.54, 1.807) is 73.2 Å². The molecule has 0 aliphatic rings. The summed E-state index contributed by atoms with van der Waals surface area (Å²) in [6, 6.07) is 23.9. The summed E-state index contributed by atoms with van der Waals surface area (Å²) in [7, 11) is -0.814. The number of rotatable bonds is 6. The third-order valence-corrected chi connectivity index (χ3v) is 6.33. The first-order valence-corrected chi connectivity index (χ1v) is 16.3. The number of aliphatic imine (C=N–C) groups is 1. The van der Waals surface area contributed by atoms with Gasteiger partial charge in [-0.25, -0.2) is 8.42 Å². The summed E-state index contributed by atoms with van der Waals surface area (Å²) in [5, 5.41) is 13.4. The number of anilines is 1. The molecule has 0 spiro atoms. The average molecular weight is 705 g/mol. The maximum absolute atomic E-state index is 13.3. The van der Waals surface area contributed by atoms with Crippen LogP contribution in [0.3, 0.4) is 0 Å². The third-order valence-electron chi connectivity index (χ3n) is 4.98. The van der Waals surface area contributed by atoms with Gasteiger partial charge in [-0.2, -0.15) is 0 Å². The predicted molar refractivity (Wildman–Crippen MR) is 169 cm³/mol. The third kappa shape index (κ3) is 11.8. The van der Waals surface area contributed by atoms with E-state index in [1.165, 1.54) is 12.3 Å². The van der Waals surface area contributed by atoms with Gasteiger partial charge in [0.1, 0.15) is 10.0 Å². The second kappa shape index (κ2) is 17.6. The van der Waals surface area contributed by atoms with Crippen LogP contribution < -0.4 is 10.0 Å². The number of fused-ring (bicyclic) bond motifs is 1. The van der Waals surface area contributed by atoms with E-state index in [9.17, 15) is 17.7 Å². The van der Waals surface area contributed by atoms with E-state index < -0.39 is 25.1 Å². The number of hydrogen-bond acceptors (Lipinski definition) is 6. The molecule has 0 aliphatic carbocycles. The standard InChI is InChI=1S/C25H22N3O3S.C2H6OS.CHCl3.Cu/c1-28(2)23-14-7-11-20-19(23)10-8-16-25(20)32(30,31)27-22-13-5-4-12-21(22)26-17-18-9-3-6-15-24(18)29;1-4(2)3;2-1(3)4;/h3-17H,1-2H3,(H,26,29);1-2H3;1H;/q-1;;;+2/p-1. The first kappa shape index (κ1) is 36.7. The van der Waals surface area contributed by atoms with E-state index in [0.717, 1.165) is 11.1 Å². The minimum atomic E-state index is -4.03. The van der Waals surface area contributed by atoms with Crippen molar-refractivity contribution in [2.45, 2.75) is 9.19 Å². The molecule has 0 atom stereocenters. The molecule has 13 heteroatoms. The number of hydrogen-bond donors (Lipinski definition) is 0. The fourth-order valence-electron chi connectivity index (χ4n) is 3.43. The second-order valence-corrected chi connectivity index (χ2v) is 13.4. The predicted octanol–water partition coefficient (Wildman–Crippen LogP) is 7.10. The van der Waals surface area contributed by atoms with Crippen LogP contribution in [0.1, 0.15) is 5.56 Å². The van der Waals surface area contributed by atoms with Gasteiger partial charge in [0.15, 0.2) is 4.30 Å². The molecule has 0 aliphatic heterocycles.